The molecule has 31 heavy (non-hydrogen) atoms. The van der Waals surface area contributed by atoms with Crippen LogP contribution in [0.25, 0.3) is 0 Å². The summed E-state index contributed by atoms with van der Waals surface area (Å²) < 4.78 is 28.8. The van der Waals surface area contributed by atoms with Crippen LogP contribution in [0, 0.1) is 0 Å². The number of hydrogen-bond acceptors (Lipinski definition) is 4. The summed E-state index contributed by atoms with van der Waals surface area (Å²) in [6.45, 7) is -2.19. The van der Waals surface area contributed by atoms with Crippen LogP contribution in [0.5, 0.6) is 5.75 Å². The van der Waals surface area contributed by atoms with Gasteiger partial charge in [0, 0.05) is 21.3 Å². The van der Waals surface area contributed by atoms with E-state index < -0.39 is 36.5 Å². The van der Waals surface area contributed by atoms with Gasteiger partial charge in [0.1, 0.15) is 17.8 Å². The predicted molar refractivity (Wildman–Crippen MR) is 111 cm³/mol. The number of alkyl halides is 2. The van der Waals surface area contributed by atoms with Crippen LogP contribution < -0.4 is 15.4 Å². The third-order valence-electron chi connectivity index (χ3n) is 4.48. The van der Waals surface area contributed by atoms with Crippen molar-refractivity contribution in [3.63, 3.8) is 0 Å². The summed E-state index contributed by atoms with van der Waals surface area (Å²) in [5, 5.41) is 5.34. The van der Waals surface area contributed by atoms with Gasteiger partial charge in [-0.25, -0.2) is 4.79 Å². The zero-order chi connectivity index (χ0) is 22.9. The van der Waals surface area contributed by atoms with Gasteiger partial charge in [0.15, 0.2) is 0 Å². The van der Waals surface area contributed by atoms with E-state index in [0.717, 1.165) is 11.0 Å². The van der Waals surface area contributed by atoms with Crippen molar-refractivity contribution >= 4 is 58.3 Å². The summed E-state index contributed by atoms with van der Waals surface area (Å²) in [5.74, 6) is -1.66. The van der Waals surface area contributed by atoms with Gasteiger partial charge >= 0.3 is 12.6 Å². The molecule has 164 valence electrons. The first-order valence-electron chi connectivity index (χ1n) is 8.65. The Bertz CT molecular complexity index is 1070. The average Bonchev–Trinajstić information content (AvgIpc) is 2.87. The fraction of sp³-hybridized carbons (Fsp3) is 0.211. The second-order valence-corrected chi connectivity index (χ2v) is 7.89. The third kappa shape index (κ3) is 4.84. The lowest BCUT2D eigenvalue weighted by atomic mass is 9.92. The zero-order valence-corrected chi connectivity index (χ0v) is 18.0. The molecule has 7 nitrogen and oxygen atoms in total. The molecule has 2 N–H and O–H groups in total. The van der Waals surface area contributed by atoms with Gasteiger partial charge in [-0.15, -0.1) is 0 Å². The molecule has 1 unspecified atom stereocenters. The first-order chi connectivity index (χ1) is 14.5. The smallest absolute Gasteiger partial charge is 0.387 e. The summed E-state index contributed by atoms with van der Waals surface area (Å²) >= 11 is 17.9. The van der Waals surface area contributed by atoms with E-state index in [9.17, 15) is 23.2 Å². The molecule has 12 heteroatoms. The van der Waals surface area contributed by atoms with E-state index in [1.54, 1.807) is 0 Å². The highest BCUT2D eigenvalue weighted by atomic mass is 35.5. The number of imide groups is 1. The van der Waals surface area contributed by atoms with E-state index in [0.29, 0.717) is 10.6 Å². The molecular formula is C19H14Cl3F2N3O4. The van der Waals surface area contributed by atoms with Crippen LogP contribution in [0.1, 0.15) is 12.5 Å². The Balaban J connectivity index is 1.72. The van der Waals surface area contributed by atoms with Gasteiger partial charge in [-0.3, -0.25) is 14.5 Å². The van der Waals surface area contributed by atoms with Crippen molar-refractivity contribution in [1.82, 2.24) is 10.2 Å². The van der Waals surface area contributed by atoms with Gasteiger partial charge < -0.3 is 15.4 Å². The van der Waals surface area contributed by atoms with Gasteiger partial charge in [0.2, 0.25) is 5.91 Å². The summed E-state index contributed by atoms with van der Waals surface area (Å²) in [6, 6.07) is 7.31. The monoisotopic (exact) mass is 491 g/mol. The van der Waals surface area contributed by atoms with E-state index in [4.69, 9.17) is 34.8 Å². The minimum Gasteiger partial charge on any atom is -0.433 e. The highest BCUT2D eigenvalue weighted by Gasteiger charge is 2.50. The van der Waals surface area contributed by atoms with Crippen LogP contribution in [-0.2, 0) is 15.1 Å². The normalized spacial score (nSPS) is 18.4. The minimum absolute atomic E-state index is 0.155. The largest absolute Gasteiger partial charge is 0.433 e. The summed E-state index contributed by atoms with van der Waals surface area (Å²) in [5.41, 5.74) is -1.01. The first kappa shape index (κ1) is 23.1. The van der Waals surface area contributed by atoms with Crippen LogP contribution in [-0.4, -0.2) is 35.9 Å². The molecule has 0 aromatic heterocycles. The molecule has 0 radical (unpaired) electrons. The molecule has 0 saturated carbocycles. The van der Waals surface area contributed by atoms with Crippen LogP contribution in [0.15, 0.2) is 36.4 Å². The van der Waals surface area contributed by atoms with Crippen molar-refractivity contribution < 1.29 is 27.9 Å². The molecule has 0 spiro atoms. The fourth-order valence-electron chi connectivity index (χ4n) is 3.03. The molecule has 1 fully saturated rings. The summed E-state index contributed by atoms with van der Waals surface area (Å²) in [4.78, 5) is 38.4. The molecule has 1 aliphatic heterocycles. The molecule has 1 heterocycles. The number of carbonyl (C=O) groups is 3. The maximum Gasteiger partial charge on any atom is 0.387 e. The molecule has 4 amide bonds. The number of amides is 4. The molecule has 0 bridgehead atoms. The van der Waals surface area contributed by atoms with Gasteiger partial charge in [-0.2, -0.15) is 8.78 Å². The van der Waals surface area contributed by atoms with Gasteiger partial charge in [-0.1, -0.05) is 40.9 Å². The molecule has 1 saturated heterocycles. The van der Waals surface area contributed by atoms with E-state index >= 15 is 0 Å². The van der Waals surface area contributed by atoms with E-state index in [-0.39, 0.29) is 21.5 Å². The number of rotatable bonds is 6. The predicted octanol–water partition coefficient (Wildman–Crippen LogP) is 4.65. The van der Waals surface area contributed by atoms with Gasteiger partial charge in [-0.05, 0) is 37.3 Å². The van der Waals surface area contributed by atoms with Crippen LogP contribution in [0.4, 0.5) is 19.3 Å². The number of anilines is 1. The maximum atomic E-state index is 12.9. The molecule has 1 aliphatic rings. The first-order valence-corrected chi connectivity index (χ1v) is 9.78. The van der Waals surface area contributed by atoms with E-state index in [1.165, 1.54) is 37.3 Å². The summed E-state index contributed by atoms with van der Waals surface area (Å²) in [6.07, 6.45) is 0. The lowest BCUT2D eigenvalue weighted by Gasteiger charge is -2.23. The number of ether oxygens (including phenoxy) is 1. The van der Waals surface area contributed by atoms with Crippen molar-refractivity contribution in [3.05, 3.63) is 57.0 Å². The Morgan fingerprint density at radius 1 is 1.16 bits per heavy atom. The fourth-order valence-corrected chi connectivity index (χ4v) is 3.85. The highest BCUT2D eigenvalue weighted by molar-refractivity contribution is 6.35. The number of nitrogens with zero attached hydrogens (tertiary/aromatic N) is 1. The molecular weight excluding hydrogens is 479 g/mol. The molecule has 3 rings (SSSR count). The number of carbonyl (C=O) groups excluding carboxylic acids is 3. The number of nitrogens with one attached hydrogen (secondary N) is 2. The molecule has 2 aromatic rings. The van der Waals surface area contributed by atoms with Gasteiger partial charge in [0.25, 0.3) is 5.91 Å². The Labute approximate surface area is 190 Å². The second-order valence-electron chi connectivity index (χ2n) is 6.64. The summed E-state index contributed by atoms with van der Waals surface area (Å²) in [7, 11) is 0. The standard InChI is InChI=1S/C19H14Cl3F2N3O4/c1-19(11-4-2-9(20)6-12(11)21)16(29)27(18(30)26-19)8-15(28)25-10-3-5-14(13(22)7-10)31-17(23)24/h2-7,17H,8H2,1H3,(H,25,28)(H,26,30). The zero-order valence-electron chi connectivity index (χ0n) is 15.7. The van der Waals surface area contributed by atoms with Crippen LogP contribution in [0.3, 0.4) is 0 Å². The quantitative estimate of drug-likeness (QED) is 0.575. The van der Waals surface area contributed by atoms with Crippen molar-refractivity contribution in [2.75, 3.05) is 11.9 Å². The number of urea groups is 1. The lowest BCUT2D eigenvalue weighted by molar-refractivity contribution is -0.133. The Kier molecular flexibility index (Phi) is 6.59. The number of benzene rings is 2. The lowest BCUT2D eigenvalue weighted by Crippen LogP contribution is -2.42. The number of hydrogen-bond donors (Lipinski definition) is 2. The van der Waals surface area contributed by atoms with Crippen LogP contribution >= 0.6 is 34.8 Å². The third-order valence-corrected chi connectivity index (χ3v) is 5.32. The van der Waals surface area contributed by atoms with E-state index in [1.807, 2.05) is 0 Å². The maximum absolute atomic E-state index is 12.9. The number of halogens is 5. The van der Waals surface area contributed by atoms with Crippen LogP contribution in [0.2, 0.25) is 15.1 Å². The van der Waals surface area contributed by atoms with Crippen molar-refractivity contribution in [2.45, 2.75) is 19.1 Å². The average molecular weight is 493 g/mol. The molecule has 2 aromatic carbocycles. The molecule has 0 aliphatic carbocycles. The topological polar surface area (TPSA) is 87.7 Å². The van der Waals surface area contributed by atoms with E-state index in [2.05, 4.69) is 15.4 Å². The highest BCUT2D eigenvalue weighted by Crippen LogP contribution is 2.35. The van der Waals surface area contributed by atoms with Crippen molar-refractivity contribution in [3.8, 4) is 5.75 Å². The Morgan fingerprint density at radius 2 is 1.87 bits per heavy atom. The second kappa shape index (κ2) is 8.86. The minimum atomic E-state index is -3.05. The van der Waals surface area contributed by atoms with Crippen molar-refractivity contribution in [2.24, 2.45) is 0 Å². The Hall–Kier alpha value is -2.62. The SMILES string of the molecule is CC1(c2ccc(Cl)cc2Cl)NC(=O)N(CC(=O)Nc2ccc(OC(F)F)c(Cl)c2)C1=O. The van der Waals surface area contributed by atoms with Crippen molar-refractivity contribution in [1.29, 1.82) is 0 Å². The molecule has 1 atom stereocenters. The van der Waals surface area contributed by atoms with Gasteiger partial charge in [0.05, 0.1) is 5.02 Å². The Morgan fingerprint density at radius 3 is 2.48 bits per heavy atom.